The first-order valence-corrected chi connectivity index (χ1v) is 8.92. The van der Waals surface area contributed by atoms with E-state index in [2.05, 4.69) is 0 Å². The van der Waals surface area contributed by atoms with Crippen LogP contribution in [0.25, 0.3) is 0 Å². The highest BCUT2D eigenvalue weighted by Crippen LogP contribution is 2.32. The predicted molar refractivity (Wildman–Crippen MR) is 88.7 cm³/mol. The van der Waals surface area contributed by atoms with Crippen LogP contribution >= 0.6 is 0 Å². The molecular weight excluding hydrogens is 320 g/mol. The molecule has 1 saturated heterocycles. The first-order valence-electron chi connectivity index (χ1n) is 8.92. The summed E-state index contributed by atoms with van der Waals surface area (Å²) >= 11 is 0. The number of likely N-dealkylation sites (tertiary alicyclic amines) is 1. The third-order valence-corrected chi connectivity index (χ3v) is 5.50. The summed E-state index contributed by atoms with van der Waals surface area (Å²) in [5.41, 5.74) is 0.669. The number of amides is 4. The Kier molecular flexibility index (Phi) is 3.90. The van der Waals surface area contributed by atoms with Crippen molar-refractivity contribution in [1.82, 2.24) is 9.80 Å². The maximum atomic E-state index is 13.0. The second-order valence-corrected chi connectivity index (χ2v) is 6.97. The van der Waals surface area contributed by atoms with Gasteiger partial charge in [0.25, 0.3) is 17.7 Å². The monoisotopic (exact) mass is 340 g/mol. The van der Waals surface area contributed by atoms with Crippen LogP contribution in [0.15, 0.2) is 24.3 Å². The van der Waals surface area contributed by atoms with Crippen LogP contribution in [0.5, 0.6) is 0 Å². The molecule has 1 aromatic carbocycles. The highest BCUT2D eigenvalue weighted by molar-refractivity contribution is 6.23. The van der Waals surface area contributed by atoms with Crippen molar-refractivity contribution >= 4 is 23.6 Å². The first kappa shape index (κ1) is 16.0. The van der Waals surface area contributed by atoms with Crippen molar-refractivity contribution in [2.24, 2.45) is 0 Å². The summed E-state index contributed by atoms with van der Waals surface area (Å²) in [4.78, 5) is 53.1. The first-order chi connectivity index (χ1) is 12.1. The van der Waals surface area contributed by atoms with Crippen LogP contribution in [0.2, 0.25) is 0 Å². The SMILES string of the molecule is O=C1CCC(N2C(=O)c3ccccc3C2=O)C(=O)N1C1CCCCC1. The average Bonchev–Trinajstić information content (AvgIpc) is 2.88. The Balaban J connectivity index is 1.63. The number of nitrogens with zero attached hydrogens (tertiary/aromatic N) is 2. The Morgan fingerprint density at radius 1 is 0.760 bits per heavy atom. The summed E-state index contributed by atoms with van der Waals surface area (Å²) in [5, 5.41) is 0. The van der Waals surface area contributed by atoms with Gasteiger partial charge < -0.3 is 0 Å². The lowest BCUT2D eigenvalue weighted by atomic mass is 9.91. The van der Waals surface area contributed by atoms with Gasteiger partial charge in [-0.15, -0.1) is 0 Å². The largest absolute Gasteiger partial charge is 0.278 e. The minimum Gasteiger partial charge on any atom is -0.278 e. The molecule has 4 amide bonds. The van der Waals surface area contributed by atoms with Crippen molar-refractivity contribution in [3.05, 3.63) is 35.4 Å². The van der Waals surface area contributed by atoms with E-state index in [1.807, 2.05) is 0 Å². The van der Waals surface area contributed by atoms with Gasteiger partial charge in [-0.05, 0) is 31.4 Å². The van der Waals surface area contributed by atoms with Crippen LogP contribution in [0.3, 0.4) is 0 Å². The summed E-state index contributed by atoms with van der Waals surface area (Å²) in [5.74, 6) is -1.43. The molecule has 0 aromatic heterocycles. The van der Waals surface area contributed by atoms with Crippen molar-refractivity contribution in [3.8, 4) is 0 Å². The molecule has 2 heterocycles. The summed E-state index contributed by atoms with van der Waals surface area (Å²) in [7, 11) is 0. The van der Waals surface area contributed by atoms with E-state index in [4.69, 9.17) is 0 Å². The van der Waals surface area contributed by atoms with Gasteiger partial charge in [-0.2, -0.15) is 0 Å². The van der Waals surface area contributed by atoms with Gasteiger partial charge >= 0.3 is 0 Å². The van der Waals surface area contributed by atoms with E-state index >= 15 is 0 Å². The van der Waals surface area contributed by atoms with Crippen LogP contribution in [-0.2, 0) is 9.59 Å². The number of imide groups is 2. The number of hydrogen-bond acceptors (Lipinski definition) is 4. The zero-order valence-electron chi connectivity index (χ0n) is 13.9. The predicted octanol–water partition coefficient (Wildman–Crippen LogP) is 2.13. The lowest BCUT2D eigenvalue weighted by molar-refractivity contribution is -0.155. The number of carbonyl (C=O) groups is 4. The summed E-state index contributed by atoms with van der Waals surface area (Å²) < 4.78 is 0. The molecule has 2 fully saturated rings. The Morgan fingerprint density at radius 3 is 1.96 bits per heavy atom. The van der Waals surface area contributed by atoms with Gasteiger partial charge in [-0.1, -0.05) is 31.4 Å². The highest BCUT2D eigenvalue weighted by atomic mass is 16.2. The van der Waals surface area contributed by atoms with Crippen molar-refractivity contribution in [2.45, 2.75) is 57.0 Å². The second-order valence-electron chi connectivity index (χ2n) is 6.97. The Morgan fingerprint density at radius 2 is 1.36 bits per heavy atom. The van der Waals surface area contributed by atoms with Gasteiger partial charge in [0.05, 0.1) is 11.1 Å². The number of rotatable bonds is 2. The van der Waals surface area contributed by atoms with E-state index in [1.165, 1.54) is 4.90 Å². The molecule has 3 aliphatic rings. The van der Waals surface area contributed by atoms with Crippen LogP contribution < -0.4 is 0 Å². The molecule has 1 atom stereocenters. The molecule has 1 unspecified atom stereocenters. The molecule has 1 saturated carbocycles. The summed E-state index contributed by atoms with van der Waals surface area (Å²) in [6.07, 6.45) is 5.15. The molecule has 2 aliphatic heterocycles. The van der Waals surface area contributed by atoms with Gasteiger partial charge in [0, 0.05) is 12.5 Å². The molecule has 130 valence electrons. The Labute approximate surface area is 145 Å². The normalized spacial score (nSPS) is 24.9. The smallest absolute Gasteiger partial charge is 0.262 e. The second kappa shape index (κ2) is 6.10. The van der Waals surface area contributed by atoms with Gasteiger partial charge in [0.2, 0.25) is 5.91 Å². The zero-order chi connectivity index (χ0) is 17.6. The third kappa shape index (κ3) is 2.47. The maximum Gasteiger partial charge on any atom is 0.262 e. The van der Waals surface area contributed by atoms with Crippen LogP contribution in [0.4, 0.5) is 0 Å². The third-order valence-electron chi connectivity index (χ3n) is 5.50. The molecule has 25 heavy (non-hydrogen) atoms. The van der Waals surface area contributed by atoms with E-state index in [0.717, 1.165) is 37.0 Å². The molecule has 0 radical (unpaired) electrons. The lowest BCUT2D eigenvalue weighted by Crippen LogP contribution is -2.59. The van der Waals surface area contributed by atoms with E-state index in [0.29, 0.717) is 11.1 Å². The van der Waals surface area contributed by atoms with Crippen LogP contribution in [0.1, 0.15) is 65.7 Å². The molecule has 0 bridgehead atoms. The van der Waals surface area contributed by atoms with E-state index in [9.17, 15) is 19.2 Å². The van der Waals surface area contributed by atoms with Crippen molar-refractivity contribution in [1.29, 1.82) is 0 Å². The minimum absolute atomic E-state index is 0.0910. The Bertz CT molecular complexity index is 731. The quantitative estimate of drug-likeness (QED) is 0.773. The van der Waals surface area contributed by atoms with Crippen molar-refractivity contribution < 1.29 is 19.2 Å². The molecule has 1 aromatic rings. The fourth-order valence-corrected chi connectivity index (χ4v) is 4.24. The number of carbonyl (C=O) groups excluding carboxylic acids is 4. The van der Waals surface area contributed by atoms with Crippen molar-refractivity contribution in [3.63, 3.8) is 0 Å². The van der Waals surface area contributed by atoms with Gasteiger partial charge in [-0.25, -0.2) is 0 Å². The average molecular weight is 340 g/mol. The maximum absolute atomic E-state index is 13.0. The number of fused-ring (bicyclic) bond motifs is 1. The van der Waals surface area contributed by atoms with Crippen LogP contribution in [-0.4, -0.2) is 45.5 Å². The Hall–Kier alpha value is -2.50. The molecule has 0 spiro atoms. The number of benzene rings is 1. The van der Waals surface area contributed by atoms with Gasteiger partial charge in [-0.3, -0.25) is 29.0 Å². The molecule has 0 N–H and O–H groups in total. The number of piperidine rings is 1. The summed E-state index contributed by atoms with van der Waals surface area (Å²) in [6, 6.07) is 5.65. The molecule has 4 rings (SSSR count). The number of hydrogen-bond donors (Lipinski definition) is 0. The van der Waals surface area contributed by atoms with E-state index < -0.39 is 23.8 Å². The molecule has 1 aliphatic carbocycles. The van der Waals surface area contributed by atoms with E-state index in [-0.39, 0.29) is 24.8 Å². The van der Waals surface area contributed by atoms with Gasteiger partial charge in [0.15, 0.2) is 0 Å². The lowest BCUT2D eigenvalue weighted by Gasteiger charge is -2.40. The molecule has 6 heteroatoms. The van der Waals surface area contributed by atoms with Crippen LogP contribution in [0, 0.1) is 0 Å². The highest BCUT2D eigenvalue weighted by Gasteiger charge is 2.48. The van der Waals surface area contributed by atoms with E-state index in [1.54, 1.807) is 24.3 Å². The van der Waals surface area contributed by atoms with Crippen molar-refractivity contribution in [2.75, 3.05) is 0 Å². The summed E-state index contributed by atoms with van der Waals surface area (Å²) in [6.45, 7) is 0. The fourth-order valence-electron chi connectivity index (χ4n) is 4.24. The minimum atomic E-state index is -0.868. The zero-order valence-corrected chi connectivity index (χ0v) is 13.9. The standard InChI is InChI=1S/C19H20N2O4/c22-16-11-10-15(19(25)20(16)12-6-2-1-3-7-12)21-17(23)13-8-4-5-9-14(13)18(21)24/h4-5,8-9,12,15H,1-3,6-7,10-11H2. The fraction of sp³-hybridized carbons (Fsp3) is 0.474. The van der Waals surface area contributed by atoms with Gasteiger partial charge in [0.1, 0.15) is 6.04 Å². The molecule has 6 nitrogen and oxygen atoms in total. The molecular formula is C19H20N2O4. The topological polar surface area (TPSA) is 74.8 Å².